The van der Waals surface area contributed by atoms with E-state index in [1.165, 1.54) is 29.2 Å². The van der Waals surface area contributed by atoms with Gasteiger partial charge < -0.3 is 15.5 Å². The Morgan fingerprint density at radius 2 is 1.74 bits per heavy atom. The number of nitrogens with zero attached hydrogens (tertiary/aromatic N) is 1. The molecule has 0 unspecified atom stereocenters. The predicted octanol–water partition coefficient (Wildman–Crippen LogP) is 2.78. The van der Waals surface area contributed by atoms with Gasteiger partial charge in [0, 0.05) is 23.4 Å². The van der Waals surface area contributed by atoms with Crippen molar-refractivity contribution in [3.05, 3.63) is 41.4 Å². The second kappa shape index (κ2) is 12.6. The van der Waals surface area contributed by atoms with Crippen LogP contribution >= 0.6 is 11.6 Å². The minimum Gasteiger partial charge on any atom is -0.344 e. The average Bonchev–Trinajstić information content (AvgIpc) is 3.36. The lowest BCUT2D eigenvalue weighted by Gasteiger charge is -2.32. The molecule has 0 aromatic heterocycles. The fraction of sp³-hybridized carbons (Fsp3) is 0.586. The number of halogens is 1. The van der Waals surface area contributed by atoms with Gasteiger partial charge in [-0.25, -0.2) is 4.72 Å². The molecule has 2 saturated carbocycles. The number of carbonyl (C=O) groups is 4. The molecule has 1 aromatic carbocycles. The highest BCUT2D eigenvalue weighted by Crippen LogP contribution is 2.45. The van der Waals surface area contributed by atoms with E-state index in [4.69, 9.17) is 11.6 Å². The number of allylic oxidation sites excluding steroid dienone is 1. The summed E-state index contributed by atoms with van der Waals surface area (Å²) in [4.78, 5) is 55.1. The van der Waals surface area contributed by atoms with Crippen LogP contribution in [-0.2, 0) is 29.4 Å². The molecule has 13 heteroatoms. The SMILES string of the molecule is O=C(N[C@H]1CCCCCC=C[C@@H]2C[C@@]2(C(=O)NS(=O)(=O)Nc2ccc(Cl)cc2)NC(=O)[C@@H]2CCCN2C1=O)C1CCC1. The Hall–Kier alpha value is -3.12. The van der Waals surface area contributed by atoms with E-state index in [0.717, 1.165) is 44.9 Å². The van der Waals surface area contributed by atoms with Gasteiger partial charge in [-0.15, -0.1) is 0 Å². The maximum absolute atomic E-state index is 13.7. The molecular weight excluding hydrogens is 582 g/mol. The number of hydrogen-bond donors (Lipinski definition) is 4. The van der Waals surface area contributed by atoms with Crippen molar-refractivity contribution in [1.29, 1.82) is 0 Å². The highest BCUT2D eigenvalue weighted by molar-refractivity contribution is 7.91. The third-order valence-electron chi connectivity index (χ3n) is 8.75. The van der Waals surface area contributed by atoms with Crippen molar-refractivity contribution in [2.45, 2.75) is 88.3 Å². The molecule has 11 nitrogen and oxygen atoms in total. The fourth-order valence-corrected chi connectivity index (χ4v) is 7.01. The summed E-state index contributed by atoms with van der Waals surface area (Å²) in [6, 6.07) is 4.44. The predicted molar refractivity (Wildman–Crippen MR) is 157 cm³/mol. The van der Waals surface area contributed by atoms with Crippen LogP contribution in [0, 0.1) is 11.8 Å². The fourth-order valence-electron chi connectivity index (χ4n) is 5.97. The molecule has 2 heterocycles. The Morgan fingerprint density at radius 3 is 2.45 bits per heavy atom. The van der Waals surface area contributed by atoms with E-state index in [1.54, 1.807) is 0 Å². The van der Waals surface area contributed by atoms with Gasteiger partial charge in [0.2, 0.25) is 17.7 Å². The molecule has 42 heavy (non-hydrogen) atoms. The van der Waals surface area contributed by atoms with Crippen molar-refractivity contribution in [3.63, 3.8) is 0 Å². The second-order valence-corrected chi connectivity index (χ2v) is 13.6. The van der Waals surface area contributed by atoms with Gasteiger partial charge in [0.1, 0.15) is 17.6 Å². The Morgan fingerprint density at radius 1 is 0.976 bits per heavy atom. The Balaban J connectivity index is 1.33. The van der Waals surface area contributed by atoms with Gasteiger partial charge >= 0.3 is 10.2 Å². The van der Waals surface area contributed by atoms with Crippen LogP contribution < -0.4 is 20.1 Å². The van der Waals surface area contributed by atoms with Crippen molar-refractivity contribution >= 4 is 51.1 Å². The first-order valence-corrected chi connectivity index (χ1v) is 16.6. The number of carbonyl (C=O) groups excluding carboxylic acids is 4. The van der Waals surface area contributed by atoms with Crippen LogP contribution in [0.2, 0.25) is 5.02 Å². The highest BCUT2D eigenvalue weighted by atomic mass is 35.5. The lowest BCUT2D eigenvalue weighted by atomic mass is 9.84. The minimum atomic E-state index is -4.31. The van der Waals surface area contributed by atoms with Gasteiger partial charge in [-0.3, -0.25) is 23.9 Å². The van der Waals surface area contributed by atoms with Gasteiger partial charge in [-0.2, -0.15) is 8.42 Å². The van der Waals surface area contributed by atoms with Crippen molar-refractivity contribution < 1.29 is 27.6 Å². The number of hydrogen-bond acceptors (Lipinski definition) is 6. The molecule has 2 aliphatic carbocycles. The summed E-state index contributed by atoms with van der Waals surface area (Å²) in [7, 11) is -4.31. The topological polar surface area (TPSA) is 154 Å². The molecule has 2 aliphatic heterocycles. The number of nitrogens with one attached hydrogen (secondary N) is 4. The van der Waals surface area contributed by atoms with E-state index in [-0.39, 0.29) is 29.8 Å². The summed E-state index contributed by atoms with van der Waals surface area (Å²) in [6.45, 7) is 0.370. The summed E-state index contributed by atoms with van der Waals surface area (Å²) in [5.74, 6) is -2.20. The van der Waals surface area contributed by atoms with Crippen molar-refractivity contribution in [2.75, 3.05) is 11.3 Å². The van der Waals surface area contributed by atoms with Crippen LogP contribution in [-0.4, -0.2) is 61.1 Å². The Bertz CT molecular complexity index is 1350. The van der Waals surface area contributed by atoms with Gasteiger partial charge in [0.15, 0.2) is 0 Å². The van der Waals surface area contributed by atoms with Crippen LogP contribution in [0.25, 0.3) is 0 Å². The number of fused-ring (bicyclic) bond motifs is 2. The number of benzene rings is 1. The zero-order chi connectivity index (χ0) is 29.9. The van der Waals surface area contributed by atoms with E-state index in [2.05, 4.69) is 20.1 Å². The van der Waals surface area contributed by atoms with Crippen LogP contribution in [0.15, 0.2) is 36.4 Å². The lowest BCUT2D eigenvalue weighted by Crippen LogP contribution is -2.58. The largest absolute Gasteiger partial charge is 0.344 e. The van der Waals surface area contributed by atoms with E-state index >= 15 is 0 Å². The molecule has 3 fully saturated rings. The van der Waals surface area contributed by atoms with E-state index in [0.29, 0.717) is 30.8 Å². The molecule has 4 atom stereocenters. The first-order valence-electron chi connectivity index (χ1n) is 14.8. The lowest BCUT2D eigenvalue weighted by molar-refractivity contribution is -0.143. The molecule has 1 aromatic rings. The number of amides is 4. The molecular formula is C29H38ClN5O6S. The average molecular weight is 620 g/mol. The van der Waals surface area contributed by atoms with Gasteiger partial charge in [-0.05, 0) is 75.6 Å². The third kappa shape index (κ3) is 6.91. The molecule has 5 rings (SSSR count). The minimum absolute atomic E-state index is 0.0622. The molecule has 0 bridgehead atoms. The van der Waals surface area contributed by atoms with E-state index in [9.17, 15) is 27.6 Å². The number of rotatable bonds is 6. The van der Waals surface area contributed by atoms with Crippen LogP contribution in [0.4, 0.5) is 5.69 Å². The maximum Gasteiger partial charge on any atom is 0.323 e. The summed E-state index contributed by atoms with van der Waals surface area (Å²) in [5.41, 5.74) is -1.24. The number of anilines is 1. The van der Waals surface area contributed by atoms with Crippen molar-refractivity contribution in [3.8, 4) is 0 Å². The normalized spacial score (nSPS) is 28.7. The van der Waals surface area contributed by atoms with Crippen molar-refractivity contribution in [2.24, 2.45) is 11.8 Å². The van der Waals surface area contributed by atoms with E-state index < -0.39 is 45.6 Å². The molecule has 0 radical (unpaired) electrons. The molecule has 228 valence electrons. The molecule has 4 aliphatic rings. The molecule has 4 N–H and O–H groups in total. The standard InChI is InChI=1S/C29H38ClN5O6S/c30-21-13-15-22(16-14-21)33-42(40,41)34-28(39)29-18-20(29)10-4-2-1-3-5-11-23(31-25(36)19-8-6-9-19)27(38)35-17-7-12-24(35)26(37)32-29/h4,10,13-16,19-20,23-24,33H,1-3,5-9,11-12,17-18H2,(H,31,36)(H,32,37)(H,34,39)/t20-,23+,24+,29-/m1/s1. The second-order valence-electron chi connectivity index (χ2n) is 11.8. The summed E-state index contributed by atoms with van der Waals surface area (Å²) in [6.07, 6.45) is 11.4. The van der Waals surface area contributed by atoms with Crippen LogP contribution in [0.5, 0.6) is 0 Å². The third-order valence-corrected chi connectivity index (χ3v) is 9.96. The smallest absolute Gasteiger partial charge is 0.323 e. The van der Waals surface area contributed by atoms with Crippen LogP contribution in [0.3, 0.4) is 0 Å². The monoisotopic (exact) mass is 619 g/mol. The van der Waals surface area contributed by atoms with Gasteiger partial charge in [0.05, 0.1) is 5.69 Å². The molecule has 0 spiro atoms. The van der Waals surface area contributed by atoms with Gasteiger partial charge in [-0.1, -0.05) is 43.0 Å². The Labute approximate surface area is 251 Å². The van der Waals surface area contributed by atoms with Gasteiger partial charge in [0.25, 0.3) is 5.91 Å². The Kier molecular flexibility index (Phi) is 9.12. The first kappa shape index (κ1) is 30.3. The highest BCUT2D eigenvalue weighted by Gasteiger charge is 2.61. The summed E-state index contributed by atoms with van der Waals surface area (Å²) in [5, 5.41) is 6.21. The first-order chi connectivity index (χ1) is 20.1. The zero-order valence-electron chi connectivity index (χ0n) is 23.4. The van der Waals surface area contributed by atoms with Crippen molar-refractivity contribution in [1.82, 2.24) is 20.3 Å². The summed E-state index contributed by atoms with van der Waals surface area (Å²) < 4.78 is 30.0. The maximum atomic E-state index is 13.7. The quantitative estimate of drug-likeness (QED) is 0.359. The zero-order valence-corrected chi connectivity index (χ0v) is 25.0. The van der Waals surface area contributed by atoms with E-state index in [1.807, 2.05) is 12.2 Å². The molecule has 4 amide bonds. The van der Waals surface area contributed by atoms with Crippen LogP contribution in [0.1, 0.15) is 70.6 Å². The molecule has 1 saturated heterocycles. The summed E-state index contributed by atoms with van der Waals surface area (Å²) >= 11 is 5.87.